The van der Waals surface area contributed by atoms with E-state index in [1.165, 1.54) is 5.56 Å². The molecule has 0 fully saturated rings. The van der Waals surface area contributed by atoms with Crippen LogP contribution in [0.1, 0.15) is 32.3 Å². The fourth-order valence-electron chi connectivity index (χ4n) is 1.34. The third kappa shape index (κ3) is 4.30. The van der Waals surface area contributed by atoms with Gasteiger partial charge in [0.05, 0.1) is 12.2 Å². The third-order valence-electron chi connectivity index (χ3n) is 2.21. The van der Waals surface area contributed by atoms with Crippen molar-refractivity contribution in [2.45, 2.75) is 32.3 Å². The van der Waals surface area contributed by atoms with E-state index in [0.29, 0.717) is 6.61 Å². The fraction of sp³-hybridized carbons (Fsp3) is 0.429. The van der Waals surface area contributed by atoms with Crippen LogP contribution in [0.3, 0.4) is 0 Å². The summed E-state index contributed by atoms with van der Waals surface area (Å²) in [6, 6.07) is 10.3. The lowest BCUT2D eigenvalue weighted by atomic mass is 10.00. The van der Waals surface area contributed by atoms with Gasteiger partial charge in [-0.3, -0.25) is 0 Å². The first-order chi connectivity index (χ1) is 7.03. The average Bonchev–Trinajstić information content (AvgIpc) is 2.19. The van der Waals surface area contributed by atoms with Crippen molar-refractivity contribution in [2.24, 2.45) is 0 Å². The van der Waals surface area contributed by atoms with Gasteiger partial charge in [-0.05, 0) is 26.3 Å². The summed E-state index contributed by atoms with van der Waals surface area (Å²) in [5, 5.41) is 0. The van der Waals surface area contributed by atoms with Crippen LogP contribution in [0.2, 0.25) is 0 Å². The van der Waals surface area contributed by atoms with E-state index in [2.05, 4.69) is 39.5 Å². The fourth-order valence-corrected chi connectivity index (χ4v) is 1.34. The summed E-state index contributed by atoms with van der Waals surface area (Å²) < 4.78 is 5.77. The molecule has 1 unspecified atom stereocenters. The molecule has 1 aromatic carbocycles. The standard InChI is InChI=1S/C14H20O/c1-5-12(11-15-14(2,3)4)13-9-7-6-8-10-13/h5-10,12H,1,11H2,2-4H3. The minimum absolute atomic E-state index is 0.0873. The molecule has 15 heavy (non-hydrogen) atoms. The van der Waals surface area contributed by atoms with Crippen molar-refractivity contribution in [1.29, 1.82) is 0 Å². The zero-order valence-corrected chi connectivity index (χ0v) is 9.86. The molecule has 0 bridgehead atoms. The lowest BCUT2D eigenvalue weighted by Crippen LogP contribution is -2.22. The molecule has 1 nitrogen and oxygen atoms in total. The zero-order chi connectivity index (χ0) is 11.3. The van der Waals surface area contributed by atoms with Gasteiger partial charge in [-0.1, -0.05) is 36.4 Å². The summed E-state index contributed by atoms with van der Waals surface area (Å²) in [5.41, 5.74) is 1.17. The van der Waals surface area contributed by atoms with Gasteiger partial charge in [0.1, 0.15) is 0 Å². The lowest BCUT2D eigenvalue weighted by Gasteiger charge is -2.23. The van der Waals surface area contributed by atoms with Crippen LogP contribution < -0.4 is 0 Å². The molecule has 0 aromatic heterocycles. The van der Waals surface area contributed by atoms with E-state index in [1.54, 1.807) is 0 Å². The smallest absolute Gasteiger partial charge is 0.0598 e. The van der Waals surface area contributed by atoms with Crippen molar-refractivity contribution < 1.29 is 4.74 Å². The second-order valence-corrected chi connectivity index (χ2v) is 4.68. The number of hydrogen-bond acceptors (Lipinski definition) is 1. The number of ether oxygens (including phenoxy) is 1. The van der Waals surface area contributed by atoms with Crippen LogP contribution in [0, 0.1) is 0 Å². The van der Waals surface area contributed by atoms with Crippen LogP contribution in [0.5, 0.6) is 0 Å². The van der Waals surface area contributed by atoms with Crippen LogP contribution >= 0.6 is 0 Å². The Kier molecular flexibility index (Phi) is 4.10. The van der Waals surface area contributed by atoms with Crippen molar-refractivity contribution in [3.8, 4) is 0 Å². The first kappa shape index (κ1) is 12.0. The highest BCUT2D eigenvalue weighted by Crippen LogP contribution is 2.19. The molecule has 0 aliphatic carbocycles. The van der Waals surface area contributed by atoms with Crippen LogP contribution in [-0.2, 0) is 4.74 Å². The Morgan fingerprint density at radius 3 is 2.33 bits per heavy atom. The second-order valence-electron chi connectivity index (χ2n) is 4.68. The highest BCUT2D eigenvalue weighted by Gasteiger charge is 2.14. The number of benzene rings is 1. The van der Waals surface area contributed by atoms with Gasteiger partial charge >= 0.3 is 0 Å². The molecule has 0 saturated heterocycles. The van der Waals surface area contributed by atoms with Gasteiger partial charge in [0.15, 0.2) is 0 Å². The summed E-state index contributed by atoms with van der Waals surface area (Å²) >= 11 is 0. The minimum Gasteiger partial charge on any atom is -0.375 e. The summed E-state index contributed by atoms with van der Waals surface area (Å²) in [4.78, 5) is 0. The van der Waals surface area contributed by atoms with Gasteiger partial charge in [-0.2, -0.15) is 0 Å². The molecular formula is C14H20O. The molecule has 0 radical (unpaired) electrons. The van der Waals surface area contributed by atoms with Crippen LogP contribution in [-0.4, -0.2) is 12.2 Å². The Bertz CT molecular complexity index is 295. The van der Waals surface area contributed by atoms with Crippen molar-refractivity contribution in [3.63, 3.8) is 0 Å². The van der Waals surface area contributed by atoms with E-state index in [1.807, 2.05) is 24.3 Å². The van der Waals surface area contributed by atoms with Gasteiger partial charge in [0, 0.05) is 5.92 Å². The van der Waals surface area contributed by atoms with E-state index < -0.39 is 0 Å². The molecule has 82 valence electrons. The van der Waals surface area contributed by atoms with E-state index in [4.69, 9.17) is 4.74 Å². The molecule has 0 aliphatic heterocycles. The van der Waals surface area contributed by atoms with Crippen molar-refractivity contribution in [1.82, 2.24) is 0 Å². The minimum atomic E-state index is -0.0873. The maximum Gasteiger partial charge on any atom is 0.0598 e. The Morgan fingerprint density at radius 1 is 1.27 bits per heavy atom. The molecule has 0 amide bonds. The van der Waals surface area contributed by atoms with E-state index >= 15 is 0 Å². The van der Waals surface area contributed by atoms with Crippen molar-refractivity contribution in [3.05, 3.63) is 48.6 Å². The number of rotatable bonds is 4. The first-order valence-corrected chi connectivity index (χ1v) is 5.34. The Hall–Kier alpha value is -1.08. The molecule has 1 aromatic rings. The zero-order valence-electron chi connectivity index (χ0n) is 9.86. The molecule has 0 saturated carbocycles. The van der Waals surface area contributed by atoms with Crippen LogP contribution in [0.4, 0.5) is 0 Å². The Labute approximate surface area is 92.8 Å². The van der Waals surface area contributed by atoms with Crippen LogP contribution in [0.25, 0.3) is 0 Å². The number of hydrogen-bond donors (Lipinski definition) is 0. The predicted octanol–water partition coefficient (Wildman–Crippen LogP) is 3.77. The third-order valence-corrected chi connectivity index (χ3v) is 2.21. The average molecular weight is 204 g/mol. The molecule has 0 aliphatic rings. The van der Waals surface area contributed by atoms with Gasteiger partial charge in [-0.25, -0.2) is 0 Å². The normalized spacial score (nSPS) is 13.5. The van der Waals surface area contributed by atoms with Gasteiger partial charge in [0.2, 0.25) is 0 Å². The molecule has 1 rings (SSSR count). The first-order valence-electron chi connectivity index (χ1n) is 5.34. The molecule has 0 heterocycles. The van der Waals surface area contributed by atoms with Crippen molar-refractivity contribution in [2.75, 3.05) is 6.61 Å². The van der Waals surface area contributed by atoms with E-state index in [9.17, 15) is 0 Å². The molecule has 0 spiro atoms. The van der Waals surface area contributed by atoms with E-state index in [0.717, 1.165) is 0 Å². The molecule has 1 heteroatoms. The highest BCUT2D eigenvalue weighted by atomic mass is 16.5. The maximum atomic E-state index is 5.77. The maximum absolute atomic E-state index is 5.77. The quantitative estimate of drug-likeness (QED) is 0.678. The van der Waals surface area contributed by atoms with Crippen LogP contribution in [0.15, 0.2) is 43.0 Å². The summed E-state index contributed by atoms with van der Waals surface area (Å²) in [6.07, 6.45) is 1.95. The Morgan fingerprint density at radius 2 is 1.87 bits per heavy atom. The summed E-state index contributed by atoms with van der Waals surface area (Å²) in [7, 11) is 0. The SMILES string of the molecule is C=CC(COC(C)(C)C)c1ccccc1. The lowest BCUT2D eigenvalue weighted by molar-refractivity contribution is -0.00591. The summed E-state index contributed by atoms with van der Waals surface area (Å²) in [5.74, 6) is 0.283. The van der Waals surface area contributed by atoms with Crippen molar-refractivity contribution >= 4 is 0 Å². The predicted molar refractivity (Wildman–Crippen MR) is 65.1 cm³/mol. The largest absolute Gasteiger partial charge is 0.375 e. The molecular weight excluding hydrogens is 184 g/mol. The highest BCUT2D eigenvalue weighted by molar-refractivity contribution is 5.23. The van der Waals surface area contributed by atoms with Gasteiger partial charge in [0.25, 0.3) is 0 Å². The summed E-state index contributed by atoms with van der Waals surface area (Å²) in [6.45, 7) is 10.8. The topological polar surface area (TPSA) is 9.23 Å². The molecule has 1 atom stereocenters. The monoisotopic (exact) mass is 204 g/mol. The van der Waals surface area contributed by atoms with Gasteiger partial charge < -0.3 is 4.74 Å². The Balaban J connectivity index is 2.62. The van der Waals surface area contributed by atoms with Gasteiger partial charge in [-0.15, -0.1) is 6.58 Å². The van der Waals surface area contributed by atoms with E-state index in [-0.39, 0.29) is 11.5 Å². The second kappa shape index (κ2) is 5.13. The molecule has 0 N–H and O–H groups in total.